The van der Waals surface area contributed by atoms with Gasteiger partial charge in [-0.1, -0.05) is 144 Å². The molecule has 0 N–H and O–H groups in total. The standard InChI is InChI=1S/C51H85NO7/c1-6-8-10-12-14-16-18-20-22-23-24-25-26-27-28-30-32-34-36-38-40-42-50(54)59-47(45-57-44-43-48(51(55)56)52(3,4)5)46-58-49(53)41-39-37-35-33-31-29-21-19-17-15-13-11-9-7-2/h9,11,14-17,20-22,24-25,27-29,47-48H,6-8,10,12-13,18-19,23,26,30-46H2,1-5H3/b11-9+,16-14+,17-15+,22-20+,25-24+,28-27+,29-21+. The normalized spacial score (nSPS) is 13.7. The summed E-state index contributed by atoms with van der Waals surface area (Å²) in [5, 5.41) is 11.6. The number of carboxylic acid groups (broad SMARTS) is 1. The van der Waals surface area contributed by atoms with Crippen molar-refractivity contribution in [2.45, 2.75) is 180 Å². The third-order valence-electron chi connectivity index (χ3n) is 9.77. The molecule has 0 radical (unpaired) electrons. The molecule has 0 amide bonds. The van der Waals surface area contributed by atoms with Crippen LogP contribution in [0.3, 0.4) is 0 Å². The van der Waals surface area contributed by atoms with Gasteiger partial charge in [0.05, 0.1) is 40.3 Å². The number of quaternary nitrogens is 1. The molecule has 0 fully saturated rings. The van der Waals surface area contributed by atoms with Gasteiger partial charge in [-0.3, -0.25) is 9.59 Å². The van der Waals surface area contributed by atoms with Crippen LogP contribution >= 0.6 is 0 Å². The van der Waals surface area contributed by atoms with Crippen molar-refractivity contribution in [1.29, 1.82) is 0 Å². The Bertz CT molecular complexity index is 1240. The number of likely N-dealkylation sites (N-methyl/N-ethyl adjacent to an activating group) is 1. The second-order valence-electron chi connectivity index (χ2n) is 16.3. The van der Waals surface area contributed by atoms with Gasteiger partial charge in [-0.2, -0.15) is 0 Å². The summed E-state index contributed by atoms with van der Waals surface area (Å²) in [4.78, 5) is 36.9. The summed E-state index contributed by atoms with van der Waals surface area (Å²) in [6.07, 6.45) is 53.2. The third-order valence-corrected chi connectivity index (χ3v) is 9.77. The van der Waals surface area contributed by atoms with Crippen molar-refractivity contribution in [2.75, 3.05) is 41.0 Å². The number of carbonyl (C=O) groups excluding carboxylic acids is 3. The van der Waals surface area contributed by atoms with Crippen LogP contribution in [-0.2, 0) is 28.6 Å². The maximum Gasteiger partial charge on any atom is 0.306 e. The van der Waals surface area contributed by atoms with E-state index in [9.17, 15) is 19.5 Å². The second-order valence-corrected chi connectivity index (χ2v) is 16.3. The molecule has 0 aliphatic heterocycles. The number of hydrogen-bond donors (Lipinski definition) is 0. The Morgan fingerprint density at radius 1 is 0.525 bits per heavy atom. The van der Waals surface area contributed by atoms with Gasteiger partial charge in [-0.25, -0.2) is 0 Å². The largest absolute Gasteiger partial charge is 0.544 e. The smallest absolute Gasteiger partial charge is 0.306 e. The number of ether oxygens (including phenoxy) is 3. The summed E-state index contributed by atoms with van der Waals surface area (Å²) >= 11 is 0. The minimum atomic E-state index is -1.14. The number of hydrogen-bond acceptors (Lipinski definition) is 7. The first-order chi connectivity index (χ1) is 28.6. The molecule has 8 heteroatoms. The van der Waals surface area contributed by atoms with Gasteiger partial charge >= 0.3 is 11.9 Å². The molecule has 0 aromatic heterocycles. The molecular weight excluding hydrogens is 739 g/mol. The number of aliphatic carboxylic acids is 1. The second kappa shape index (κ2) is 41.3. The number of carbonyl (C=O) groups is 3. The van der Waals surface area contributed by atoms with Gasteiger partial charge in [-0.05, 0) is 89.9 Å². The molecule has 0 rings (SSSR count). The number of unbranched alkanes of at least 4 members (excludes halogenated alkanes) is 12. The van der Waals surface area contributed by atoms with E-state index in [4.69, 9.17) is 14.2 Å². The van der Waals surface area contributed by atoms with Gasteiger partial charge in [0.2, 0.25) is 0 Å². The summed E-state index contributed by atoms with van der Waals surface area (Å²) in [7, 11) is 5.38. The Balaban J connectivity index is 4.40. The maximum absolute atomic E-state index is 12.7. The lowest BCUT2D eigenvalue weighted by Crippen LogP contribution is -2.55. The van der Waals surface area contributed by atoms with Crippen LogP contribution in [0.4, 0.5) is 0 Å². The first kappa shape index (κ1) is 55.5. The van der Waals surface area contributed by atoms with Gasteiger partial charge in [0.25, 0.3) is 0 Å². The van der Waals surface area contributed by atoms with Crippen LogP contribution in [0.15, 0.2) is 85.1 Å². The Kier molecular flexibility index (Phi) is 38.8. The lowest BCUT2D eigenvalue weighted by Gasteiger charge is -2.34. The van der Waals surface area contributed by atoms with E-state index in [2.05, 4.69) is 98.9 Å². The Hall–Kier alpha value is -3.49. The van der Waals surface area contributed by atoms with Crippen LogP contribution in [0.1, 0.15) is 168 Å². The minimum absolute atomic E-state index is 0.0205. The Labute approximate surface area is 361 Å². The molecule has 0 aliphatic rings. The zero-order valence-corrected chi connectivity index (χ0v) is 38.1. The average Bonchev–Trinajstić information content (AvgIpc) is 3.19. The molecule has 0 saturated carbocycles. The van der Waals surface area contributed by atoms with Gasteiger partial charge in [0.1, 0.15) is 12.6 Å². The molecule has 0 heterocycles. The molecule has 0 aliphatic carbocycles. The van der Waals surface area contributed by atoms with E-state index in [1.54, 1.807) is 21.1 Å². The van der Waals surface area contributed by atoms with E-state index in [0.29, 0.717) is 12.8 Å². The topological polar surface area (TPSA) is 102 Å². The number of nitrogens with zero attached hydrogens (tertiary/aromatic N) is 1. The average molecular weight is 824 g/mol. The van der Waals surface area contributed by atoms with Crippen molar-refractivity contribution in [1.82, 2.24) is 0 Å². The van der Waals surface area contributed by atoms with Crippen LogP contribution in [0, 0.1) is 0 Å². The lowest BCUT2D eigenvalue weighted by molar-refractivity contribution is -0.889. The molecule has 2 atom stereocenters. The van der Waals surface area contributed by atoms with Crippen LogP contribution in [-0.4, -0.2) is 75.5 Å². The quantitative estimate of drug-likeness (QED) is 0.0262. The Morgan fingerprint density at radius 3 is 1.41 bits per heavy atom. The van der Waals surface area contributed by atoms with Crippen LogP contribution in [0.2, 0.25) is 0 Å². The summed E-state index contributed by atoms with van der Waals surface area (Å²) in [6, 6.07) is -0.738. The number of esters is 2. The molecule has 0 aromatic carbocycles. The fourth-order valence-corrected chi connectivity index (χ4v) is 6.18. The van der Waals surface area contributed by atoms with Crippen LogP contribution < -0.4 is 5.11 Å². The predicted octanol–water partition coefficient (Wildman–Crippen LogP) is 11.6. The minimum Gasteiger partial charge on any atom is -0.544 e. The van der Waals surface area contributed by atoms with Gasteiger partial charge in [0.15, 0.2) is 6.10 Å². The molecule has 2 unspecified atom stereocenters. The SMILES string of the molecule is CC/C=C/C/C=C/C/C=C/CCCCCCC(=O)OCC(COCCC(C(=O)[O-])[N+](C)(C)C)OC(=O)CCCCCCC/C=C/C/C=C/C/C=C/C/C=C/CCCCC. The molecule has 0 bridgehead atoms. The molecule has 0 spiro atoms. The van der Waals surface area contributed by atoms with Crippen molar-refractivity contribution in [2.24, 2.45) is 0 Å². The molecular formula is C51H85NO7. The van der Waals surface area contributed by atoms with Crippen LogP contribution in [0.5, 0.6) is 0 Å². The highest BCUT2D eigenvalue weighted by molar-refractivity contribution is 5.70. The zero-order valence-electron chi connectivity index (χ0n) is 38.1. The highest BCUT2D eigenvalue weighted by Crippen LogP contribution is 2.12. The zero-order chi connectivity index (χ0) is 43.5. The molecule has 8 nitrogen and oxygen atoms in total. The molecule has 336 valence electrons. The fraction of sp³-hybridized carbons (Fsp3) is 0.667. The molecule has 0 aromatic rings. The molecule has 0 saturated heterocycles. The van der Waals surface area contributed by atoms with Crippen molar-refractivity contribution < 1.29 is 38.2 Å². The summed E-state index contributed by atoms with van der Waals surface area (Å²) < 4.78 is 17.1. The van der Waals surface area contributed by atoms with E-state index in [0.717, 1.165) is 109 Å². The monoisotopic (exact) mass is 824 g/mol. The van der Waals surface area contributed by atoms with Gasteiger partial charge in [0, 0.05) is 19.3 Å². The van der Waals surface area contributed by atoms with Crippen molar-refractivity contribution in [3.05, 3.63) is 85.1 Å². The third kappa shape index (κ3) is 39.7. The number of carboxylic acids is 1. The summed E-state index contributed by atoms with van der Waals surface area (Å²) in [6.45, 7) is 4.46. The highest BCUT2D eigenvalue weighted by atomic mass is 16.6. The highest BCUT2D eigenvalue weighted by Gasteiger charge is 2.25. The lowest BCUT2D eigenvalue weighted by atomic mass is 10.1. The van der Waals surface area contributed by atoms with E-state index < -0.39 is 18.1 Å². The van der Waals surface area contributed by atoms with Gasteiger partial charge in [-0.15, -0.1) is 0 Å². The van der Waals surface area contributed by atoms with Crippen molar-refractivity contribution >= 4 is 17.9 Å². The number of rotatable bonds is 40. The first-order valence-electron chi connectivity index (χ1n) is 23.1. The summed E-state index contributed by atoms with van der Waals surface area (Å²) in [5.41, 5.74) is 0. The Morgan fingerprint density at radius 2 is 0.949 bits per heavy atom. The fourth-order valence-electron chi connectivity index (χ4n) is 6.18. The maximum atomic E-state index is 12.7. The van der Waals surface area contributed by atoms with Gasteiger partial charge < -0.3 is 28.6 Å². The first-order valence-corrected chi connectivity index (χ1v) is 23.1. The molecule has 59 heavy (non-hydrogen) atoms. The van der Waals surface area contributed by atoms with Crippen LogP contribution in [0.25, 0.3) is 0 Å². The van der Waals surface area contributed by atoms with E-state index in [1.807, 2.05) is 0 Å². The van der Waals surface area contributed by atoms with Crippen molar-refractivity contribution in [3.63, 3.8) is 0 Å². The number of allylic oxidation sites excluding steroid dienone is 14. The van der Waals surface area contributed by atoms with E-state index in [1.165, 1.54) is 25.7 Å². The van der Waals surface area contributed by atoms with E-state index in [-0.39, 0.29) is 42.7 Å². The van der Waals surface area contributed by atoms with Crippen molar-refractivity contribution in [3.8, 4) is 0 Å². The predicted molar refractivity (Wildman–Crippen MR) is 245 cm³/mol. The summed E-state index contributed by atoms with van der Waals surface area (Å²) in [5.74, 6) is -1.80. The van der Waals surface area contributed by atoms with E-state index >= 15 is 0 Å².